The third-order valence-corrected chi connectivity index (χ3v) is 4.29. The van der Waals surface area contributed by atoms with E-state index in [1.165, 1.54) is 4.68 Å². The maximum absolute atomic E-state index is 11.9. The molecule has 2 rings (SSSR count). The van der Waals surface area contributed by atoms with Crippen LogP contribution in [0.4, 0.5) is 5.69 Å². The van der Waals surface area contributed by atoms with E-state index in [-0.39, 0.29) is 17.4 Å². The molecule has 110 valence electrons. The van der Waals surface area contributed by atoms with Gasteiger partial charge in [0.05, 0.1) is 17.8 Å². The van der Waals surface area contributed by atoms with Crippen molar-refractivity contribution in [3.63, 3.8) is 0 Å². The van der Waals surface area contributed by atoms with Gasteiger partial charge in [-0.1, -0.05) is 0 Å². The van der Waals surface area contributed by atoms with Crippen molar-refractivity contribution < 1.29 is 4.79 Å². The number of aryl methyl sites for hydroxylation is 1. The summed E-state index contributed by atoms with van der Waals surface area (Å²) in [4.78, 5) is 25.9. The first-order valence-electron chi connectivity index (χ1n) is 6.79. The van der Waals surface area contributed by atoms with E-state index in [4.69, 9.17) is 0 Å². The van der Waals surface area contributed by atoms with Crippen molar-refractivity contribution in [2.45, 2.75) is 19.8 Å². The molecule has 1 aromatic rings. The lowest BCUT2D eigenvalue weighted by Crippen LogP contribution is -2.43. The second kappa shape index (κ2) is 6.39. The molecule has 1 amide bonds. The number of carbonyl (C=O) groups is 1. The molecule has 0 aromatic carbocycles. The molecule has 1 unspecified atom stereocenters. The molecule has 2 heterocycles. The average molecular weight is 343 g/mol. The lowest BCUT2D eigenvalue weighted by molar-refractivity contribution is -0.125. The number of hydrogen-bond acceptors (Lipinski definition) is 4. The first kappa shape index (κ1) is 15.0. The molecule has 0 aliphatic carbocycles. The summed E-state index contributed by atoms with van der Waals surface area (Å²) in [6, 6.07) is 0. The van der Waals surface area contributed by atoms with Crippen molar-refractivity contribution in [2.75, 3.05) is 24.5 Å². The molecular weight excluding hydrogens is 324 g/mol. The first-order chi connectivity index (χ1) is 9.54. The van der Waals surface area contributed by atoms with Crippen molar-refractivity contribution in [1.82, 2.24) is 15.1 Å². The molecule has 7 heteroatoms. The van der Waals surface area contributed by atoms with E-state index < -0.39 is 0 Å². The van der Waals surface area contributed by atoms with E-state index in [0.717, 1.165) is 25.1 Å². The van der Waals surface area contributed by atoms with Crippen LogP contribution in [0.2, 0.25) is 0 Å². The number of halogens is 1. The highest BCUT2D eigenvalue weighted by Gasteiger charge is 2.27. The molecule has 1 atom stereocenters. The van der Waals surface area contributed by atoms with Crippen LogP contribution < -0.4 is 15.8 Å². The van der Waals surface area contributed by atoms with Crippen LogP contribution in [0, 0.1) is 5.92 Å². The molecule has 0 saturated carbocycles. The Morgan fingerprint density at radius 3 is 3.05 bits per heavy atom. The van der Waals surface area contributed by atoms with E-state index >= 15 is 0 Å². The second-order valence-corrected chi connectivity index (χ2v) is 5.75. The van der Waals surface area contributed by atoms with Crippen molar-refractivity contribution in [1.29, 1.82) is 0 Å². The average Bonchev–Trinajstić information content (AvgIpc) is 2.45. The minimum absolute atomic E-state index is 0.0281. The Labute approximate surface area is 126 Å². The molecular formula is C13H19BrN4O2. The summed E-state index contributed by atoms with van der Waals surface area (Å²) in [5, 5.41) is 6.92. The highest BCUT2D eigenvalue weighted by atomic mass is 79.9. The highest BCUT2D eigenvalue weighted by Crippen LogP contribution is 2.27. The van der Waals surface area contributed by atoms with Gasteiger partial charge in [-0.2, -0.15) is 5.10 Å². The molecule has 1 saturated heterocycles. The van der Waals surface area contributed by atoms with Crippen molar-refractivity contribution >= 4 is 27.5 Å². The number of amides is 1. The van der Waals surface area contributed by atoms with Gasteiger partial charge >= 0.3 is 0 Å². The van der Waals surface area contributed by atoms with Gasteiger partial charge in [0.2, 0.25) is 5.91 Å². The lowest BCUT2D eigenvalue weighted by atomic mass is 9.97. The highest BCUT2D eigenvalue weighted by molar-refractivity contribution is 9.10. The van der Waals surface area contributed by atoms with Gasteiger partial charge in [-0.25, -0.2) is 4.68 Å². The van der Waals surface area contributed by atoms with Gasteiger partial charge in [0.25, 0.3) is 5.56 Å². The Bertz CT molecular complexity index is 558. The Morgan fingerprint density at radius 2 is 2.35 bits per heavy atom. The zero-order valence-electron chi connectivity index (χ0n) is 11.7. The zero-order chi connectivity index (χ0) is 14.7. The Morgan fingerprint density at radius 1 is 1.60 bits per heavy atom. The van der Waals surface area contributed by atoms with Crippen molar-refractivity contribution in [3.05, 3.63) is 21.0 Å². The molecule has 1 aromatic heterocycles. The Kier molecular flexibility index (Phi) is 4.80. The fourth-order valence-electron chi connectivity index (χ4n) is 2.45. The molecule has 0 radical (unpaired) electrons. The van der Waals surface area contributed by atoms with E-state index in [1.807, 2.05) is 6.92 Å². The smallest absolute Gasteiger partial charge is 0.282 e. The Hall–Kier alpha value is -1.37. The largest absolute Gasteiger partial charge is 0.368 e. The van der Waals surface area contributed by atoms with Gasteiger partial charge in [0, 0.05) is 26.7 Å². The second-order valence-electron chi connectivity index (χ2n) is 4.95. The predicted octanol–water partition coefficient (Wildman–Crippen LogP) is 0.895. The number of piperidine rings is 1. The van der Waals surface area contributed by atoms with Crippen molar-refractivity contribution in [2.24, 2.45) is 13.0 Å². The minimum Gasteiger partial charge on any atom is -0.368 e. The van der Waals surface area contributed by atoms with E-state index in [2.05, 4.69) is 31.2 Å². The summed E-state index contributed by atoms with van der Waals surface area (Å²) in [5.41, 5.74) is 0.602. The maximum Gasteiger partial charge on any atom is 0.282 e. The maximum atomic E-state index is 11.9. The number of aromatic nitrogens is 2. The summed E-state index contributed by atoms with van der Waals surface area (Å²) < 4.78 is 1.80. The molecule has 20 heavy (non-hydrogen) atoms. The third-order valence-electron chi connectivity index (χ3n) is 3.54. The summed E-state index contributed by atoms with van der Waals surface area (Å²) >= 11 is 3.34. The third kappa shape index (κ3) is 3.03. The van der Waals surface area contributed by atoms with Gasteiger partial charge in [0.15, 0.2) is 0 Å². The molecule has 1 aliphatic heterocycles. The molecule has 1 aliphatic rings. The van der Waals surface area contributed by atoms with Crippen LogP contribution in [0.5, 0.6) is 0 Å². The van der Waals surface area contributed by atoms with Crippen LogP contribution in [0.1, 0.15) is 19.8 Å². The van der Waals surface area contributed by atoms with Gasteiger partial charge in [-0.15, -0.1) is 0 Å². The molecule has 6 nitrogen and oxygen atoms in total. The van der Waals surface area contributed by atoms with Crippen LogP contribution in [-0.2, 0) is 11.8 Å². The lowest BCUT2D eigenvalue weighted by Gasteiger charge is -2.33. The first-order valence-corrected chi connectivity index (χ1v) is 7.58. The van der Waals surface area contributed by atoms with Crippen LogP contribution in [-0.4, -0.2) is 35.3 Å². The Balaban J connectivity index is 2.19. The van der Waals surface area contributed by atoms with E-state index in [1.54, 1.807) is 13.2 Å². The summed E-state index contributed by atoms with van der Waals surface area (Å²) in [6.45, 7) is 4.02. The number of rotatable bonds is 3. The van der Waals surface area contributed by atoms with Crippen molar-refractivity contribution in [3.8, 4) is 0 Å². The van der Waals surface area contributed by atoms with E-state index in [9.17, 15) is 9.59 Å². The van der Waals surface area contributed by atoms with Gasteiger partial charge < -0.3 is 10.2 Å². The number of hydrogen-bond donors (Lipinski definition) is 1. The SMILES string of the molecule is CCNC(=O)C1CCCN(c2cnn(C)c(=O)c2Br)C1. The quantitative estimate of drug-likeness (QED) is 0.885. The minimum atomic E-state index is -0.164. The van der Waals surface area contributed by atoms with Gasteiger partial charge in [0.1, 0.15) is 4.47 Å². The van der Waals surface area contributed by atoms with Gasteiger partial charge in [-0.05, 0) is 35.7 Å². The number of carbonyl (C=O) groups excluding carboxylic acids is 1. The van der Waals surface area contributed by atoms with E-state index in [0.29, 0.717) is 17.6 Å². The number of nitrogens with zero attached hydrogens (tertiary/aromatic N) is 3. The summed E-state index contributed by atoms with van der Waals surface area (Å²) in [5.74, 6) is 0.0600. The zero-order valence-corrected chi connectivity index (χ0v) is 13.3. The summed E-state index contributed by atoms with van der Waals surface area (Å²) in [7, 11) is 1.62. The molecule has 1 fully saturated rings. The predicted molar refractivity (Wildman–Crippen MR) is 80.8 cm³/mol. The standard InChI is InChI=1S/C13H19BrN4O2/c1-3-15-12(19)9-5-4-6-18(8-9)10-7-16-17(2)13(20)11(10)14/h7,9H,3-6,8H2,1-2H3,(H,15,19). The normalized spacial score (nSPS) is 18.9. The molecule has 0 bridgehead atoms. The number of nitrogens with one attached hydrogen (secondary N) is 1. The monoisotopic (exact) mass is 342 g/mol. The fraction of sp³-hybridized carbons (Fsp3) is 0.615. The van der Waals surface area contributed by atoms with Crippen LogP contribution in [0.15, 0.2) is 15.5 Å². The molecule has 1 N–H and O–H groups in total. The summed E-state index contributed by atoms with van der Waals surface area (Å²) in [6.07, 6.45) is 3.49. The molecule has 0 spiro atoms. The number of anilines is 1. The van der Waals surface area contributed by atoms with Gasteiger partial charge in [-0.3, -0.25) is 9.59 Å². The topological polar surface area (TPSA) is 67.2 Å². The van der Waals surface area contributed by atoms with Crippen LogP contribution >= 0.6 is 15.9 Å². The van der Waals surface area contributed by atoms with Crippen LogP contribution in [0.25, 0.3) is 0 Å². The van der Waals surface area contributed by atoms with Crippen LogP contribution in [0.3, 0.4) is 0 Å². The fourth-order valence-corrected chi connectivity index (χ4v) is 3.06.